The highest BCUT2D eigenvalue weighted by Crippen LogP contribution is 2.19. The number of amidine groups is 1. The van der Waals surface area contributed by atoms with Crippen LogP contribution in [-0.4, -0.2) is 22.6 Å². The quantitative estimate of drug-likeness (QED) is 0.284. The van der Waals surface area contributed by atoms with E-state index >= 15 is 0 Å². The lowest BCUT2D eigenvalue weighted by Gasteiger charge is -2.21. The molecule has 1 aromatic rings. The van der Waals surface area contributed by atoms with Crippen LogP contribution in [-0.2, 0) is 0 Å². The maximum absolute atomic E-state index is 11.8. The van der Waals surface area contributed by atoms with E-state index in [1.165, 1.54) is 0 Å². The average Bonchev–Trinajstić information content (AvgIpc) is 2.25. The first-order valence-corrected chi connectivity index (χ1v) is 5.91. The number of nitrogens with zero attached hydrogens (tertiary/aromatic N) is 1. The van der Waals surface area contributed by atoms with Crippen LogP contribution in [0.4, 0.5) is 10.5 Å². The summed E-state index contributed by atoms with van der Waals surface area (Å²) in [5.41, 5.74) is 7.10. The molecule has 0 aliphatic heterocycles. The lowest BCUT2D eigenvalue weighted by molar-refractivity contribution is 0.244. The molecule has 0 unspecified atom stereocenters. The van der Waals surface area contributed by atoms with E-state index in [0.717, 1.165) is 5.56 Å². The Morgan fingerprint density at radius 2 is 2.00 bits per heavy atom. The molecule has 0 saturated carbocycles. The molecule has 0 spiro atoms. The summed E-state index contributed by atoms with van der Waals surface area (Å²) in [5, 5.41) is 17.3. The minimum atomic E-state index is -0.343. The Labute approximate surface area is 112 Å². The van der Waals surface area contributed by atoms with Gasteiger partial charge >= 0.3 is 6.03 Å². The number of benzene rings is 1. The Morgan fingerprint density at radius 1 is 1.37 bits per heavy atom. The van der Waals surface area contributed by atoms with Crippen molar-refractivity contribution < 1.29 is 10.0 Å². The number of urea groups is 1. The Bertz CT molecular complexity index is 504. The molecule has 0 atom stereocenters. The predicted molar refractivity (Wildman–Crippen MR) is 75.6 cm³/mol. The highest BCUT2D eigenvalue weighted by Gasteiger charge is 2.16. The van der Waals surface area contributed by atoms with Gasteiger partial charge in [-0.1, -0.05) is 17.3 Å². The number of aryl methyl sites for hydroxylation is 1. The fourth-order valence-corrected chi connectivity index (χ4v) is 1.66. The summed E-state index contributed by atoms with van der Waals surface area (Å²) in [6, 6.07) is 4.96. The lowest BCUT2D eigenvalue weighted by Crippen LogP contribution is -2.43. The zero-order chi connectivity index (χ0) is 14.6. The van der Waals surface area contributed by atoms with Gasteiger partial charge in [0.25, 0.3) is 0 Å². The molecule has 0 fully saturated rings. The molecule has 0 heterocycles. The van der Waals surface area contributed by atoms with E-state index < -0.39 is 0 Å². The van der Waals surface area contributed by atoms with E-state index in [1.807, 2.05) is 33.8 Å². The number of nitrogens with one attached hydrogen (secondary N) is 2. The van der Waals surface area contributed by atoms with Gasteiger partial charge in [0.2, 0.25) is 0 Å². The number of anilines is 1. The third kappa shape index (κ3) is 4.17. The maximum Gasteiger partial charge on any atom is 0.319 e. The minimum Gasteiger partial charge on any atom is -0.409 e. The monoisotopic (exact) mass is 264 g/mol. The molecule has 1 aromatic carbocycles. The van der Waals surface area contributed by atoms with Crippen molar-refractivity contribution in [3.63, 3.8) is 0 Å². The number of oxime groups is 1. The summed E-state index contributed by atoms with van der Waals surface area (Å²) >= 11 is 0. The second kappa shape index (κ2) is 5.60. The van der Waals surface area contributed by atoms with E-state index in [0.29, 0.717) is 11.3 Å². The SMILES string of the molecule is Cc1cccc(NC(=O)NC(C)(C)C)c1/C(N)=N/O. The molecule has 0 saturated heterocycles. The first kappa shape index (κ1) is 14.8. The lowest BCUT2D eigenvalue weighted by atomic mass is 10.1. The van der Waals surface area contributed by atoms with Crippen molar-refractivity contribution in [3.05, 3.63) is 29.3 Å². The van der Waals surface area contributed by atoms with Gasteiger partial charge in [0.1, 0.15) is 0 Å². The van der Waals surface area contributed by atoms with Crippen molar-refractivity contribution >= 4 is 17.6 Å². The Balaban J connectivity index is 3.02. The number of carbonyl (C=O) groups excluding carboxylic acids is 1. The van der Waals surface area contributed by atoms with Crippen LogP contribution in [0.3, 0.4) is 0 Å². The predicted octanol–water partition coefficient (Wildman–Crippen LogP) is 2.01. The third-order valence-corrected chi connectivity index (χ3v) is 2.37. The van der Waals surface area contributed by atoms with Crippen molar-refractivity contribution in [2.45, 2.75) is 33.2 Å². The zero-order valence-electron chi connectivity index (χ0n) is 11.6. The fourth-order valence-electron chi connectivity index (χ4n) is 1.66. The Kier molecular flexibility index (Phi) is 4.37. The first-order valence-electron chi connectivity index (χ1n) is 5.91. The zero-order valence-corrected chi connectivity index (χ0v) is 11.6. The maximum atomic E-state index is 11.8. The average molecular weight is 264 g/mol. The molecule has 19 heavy (non-hydrogen) atoms. The van der Waals surface area contributed by atoms with Gasteiger partial charge in [-0.25, -0.2) is 4.79 Å². The number of hydrogen-bond donors (Lipinski definition) is 4. The largest absolute Gasteiger partial charge is 0.409 e. The van der Waals surface area contributed by atoms with Crippen LogP contribution in [0.15, 0.2) is 23.4 Å². The molecular formula is C13H20N4O2. The van der Waals surface area contributed by atoms with E-state index in [1.54, 1.807) is 12.1 Å². The molecule has 2 amide bonds. The van der Waals surface area contributed by atoms with Gasteiger partial charge in [-0.05, 0) is 39.3 Å². The molecule has 6 nitrogen and oxygen atoms in total. The van der Waals surface area contributed by atoms with E-state index in [-0.39, 0.29) is 17.4 Å². The molecule has 0 bridgehead atoms. The normalized spacial score (nSPS) is 12.1. The molecular weight excluding hydrogens is 244 g/mol. The van der Waals surface area contributed by atoms with Gasteiger partial charge in [-0.3, -0.25) is 0 Å². The third-order valence-electron chi connectivity index (χ3n) is 2.37. The first-order chi connectivity index (χ1) is 8.74. The highest BCUT2D eigenvalue weighted by atomic mass is 16.4. The highest BCUT2D eigenvalue weighted by molar-refractivity contribution is 6.06. The summed E-state index contributed by atoms with van der Waals surface area (Å²) in [6.07, 6.45) is 0. The van der Waals surface area contributed by atoms with Crippen molar-refractivity contribution in [2.24, 2.45) is 10.9 Å². The van der Waals surface area contributed by atoms with Crippen LogP contribution in [0.2, 0.25) is 0 Å². The second-order valence-corrected chi connectivity index (χ2v) is 5.31. The van der Waals surface area contributed by atoms with E-state index in [9.17, 15) is 4.79 Å². The topological polar surface area (TPSA) is 99.7 Å². The van der Waals surface area contributed by atoms with E-state index in [2.05, 4.69) is 15.8 Å². The number of nitrogens with two attached hydrogens (primary N) is 1. The van der Waals surface area contributed by atoms with Crippen LogP contribution in [0, 0.1) is 6.92 Å². The molecule has 6 heteroatoms. The molecule has 1 rings (SSSR count). The van der Waals surface area contributed by atoms with Crippen LogP contribution in [0.5, 0.6) is 0 Å². The summed E-state index contributed by atoms with van der Waals surface area (Å²) in [5.74, 6) is -0.0378. The Hall–Kier alpha value is -2.24. The van der Waals surface area contributed by atoms with Crippen LogP contribution in [0.25, 0.3) is 0 Å². The van der Waals surface area contributed by atoms with Gasteiger partial charge in [0.05, 0.1) is 5.69 Å². The van der Waals surface area contributed by atoms with E-state index in [4.69, 9.17) is 10.9 Å². The summed E-state index contributed by atoms with van der Waals surface area (Å²) in [7, 11) is 0. The summed E-state index contributed by atoms with van der Waals surface area (Å²) in [6.45, 7) is 7.47. The van der Waals surface area contributed by atoms with Crippen LogP contribution < -0.4 is 16.4 Å². The smallest absolute Gasteiger partial charge is 0.319 e. The van der Waals surface area contributed by atoms with Crippen molar-refractivity contribution in [1.82, 2.24) is 5.32 Å². The summed E-state index contributed by atoms with van der Waals surface area (Å²) in [4.78, 5) is 11.8. The fraction of sp³-hybridized carbons (Fsp3) is 0.385. The number of amides is 2. The molecule has 0 aromatic heterocycles. The van der Waals surface area contributed by atoms with Crippen molar-refractivity contribution in [2.75, 3.05) is 5.32 Å². The number of carbonyl (C=O) groups is 1. The van der Waals surface area contributed by atoms with Gasteiger partial charge in [0.15, 0.2) is 5.84 Å². The van der Waals surface area contributed by atoms with Crippen molar-refractivity contribution in [3.8, 4) is 0 Å². The molecule has 0 aliphatic carbocycles. The van der Waals surface area contributed by atoms with Crippen molar-refractivity contribution in [1.29, 1.82) is 0 Å². The second-order valence-electron chi connectivity index (χ2n) is 5.31. The molecule has 104 valence electrons. The standard InChI is InChI=1S/C13H20N4O2/c1-8-6-5-7-9(10(8)11(14)17-19)15-12(18)16-13(2,3)4/h5-7,19H,1-4H3,(H2,14,17)(H2,15,16,18). The number of rotatable bonds is 2. The van der Waals surface area contributed by atoms with Gasteiger partial charge in [-0.2, -0.15) is 0 Å². The Morgan fingerprint density at radius 3 is 2.53 bits per heavy atom. The number of hydrogen-bond acceptors (Lipinski definition) is 3. The minimum absolute atomic E-state index is 0.0378. The van der Waals surface area contributed by atoms with Gasteiger partial charge in [0, 0.05) is 11.1 Å². The molecule has 0 radical (unpaired) electrons. The van der Waals surface area contributed by atoms with Gasteiger partial charge in [-0.15, -0.1) is 0 Å². The molecule has 0 aliphatic rings. The van der Waals surface area contributed by atoms with Crippen LogP contribution >= 0.6 is 0 Å². The van der Waals surface area contributed by atoms with Crippen LogP contribution in [0.1, 0.15) is 31.9 Å². The molecule has 5 N–H and O–H groups in total. The van der Waals surface area contributed by atoms with Gasteiger partial charge < -0.3 is 21.6 Å². The summed E-state index contributed by atoms with van der Waals surface area (Å²) < 4.78 is 0.